The molecule has 0 saturated heterocycles. The van der Waals surface area contributed by atoms with Crippen molar-refractivity contribution in [1.29, 1.82) is 10.5 Å². The van der Waals surface area contributed by atoms with Crippen LogP contribution in [0.5, 0.6) is 11.5 Å². The molecule has 0 unspecified atom stereocenters. The maximum atomic E-state index is 11.3. The Kier molecular flexibility index (Phi) is 8.30. The van der Waals surface area contributed by atoms with Crippen LogP contribution in [0.15, 0.2) is 36.4 Å². The minimum Gasteiger partial charge on any atom is -0.488 e. The van der Waals surface area contributed by atoms with Crippen molar-refractivity contribution in [3.8, 4) is 23.6 Å². The van der Waals surface area contributed by atoms with E-state index in [-0.39, 0.29) is 26.3 Å². The van der Waals surface area contributed by atoms with Crippen LogP contribution < -0.4 is 19.3 Å². The number of nitrogens with zero attached hydrogens (tertiary/aromatic N) is 4. The van der Waals surface area contributed by atoms with Gasteiger partial charge in [0.15, 0.2) is 0 Å². The third kappa shape index (κ3) is 5.90. The number of anilines is 2. The summed E-state index contributed by atoms with van der Waals surface area (Å²) in [6, 6.07) is 15.4. The summed E-state index contributed by atoms with van der Waals surface area (Å²) in [4.78, 5) is 15.0. The highest BCUT2D eigenvalue weighted by Gasteiger charge is 2.16. The van der Waals surface area contributed by atoms with E-state index in [1.54, 1.807) is 18.2 Å². The molecule has 1 aliphatic heterocycles. The van der Waals surface area contributed by atoms with Gasteiger partial charge in [0.2, 0.25) is 0 Å². The van der Waals surface area contributed by atoms with Crippen LogP contribution in [0.1, 0.15) is 15.9 Å². The molecule has 0 atom stereocenters. The zero-order chi connectivity index (χ0) is 22.8. The molecule has 0 radical (unpaired) electrons. The van der Waals surface area contributed by atoms with Gasteiger partial charge in [-0.1, -0.05) is 6.07 Å². The smallest absolute Gasteiger partial charge is 0.150 e. The van der Waals surface area contributed by atoms with Crippen LogP contribution in [0.3, 0.4) is 0 Å². The predicted molar refractivity (Wildman–Crippen MR) is 120 cm³/mol. The summed E-state index contributed by atoms with van der Waals surface area (Å²) in [6.07, 6.45) is 0.760. The molecule has 0 N–H and O–H groups in total. The Balaban J connectivity index is 1.89. The zero-order valence-corrected chi connectivity index (χ0v) is 18.1. The fraction of sp³-hybridized carbons (Fsp3) is 0.375. The molecular weight excluding hydrogens is 408 g/mol. The predicted octanol–water partition coefficient (Wildman–Crippen LogP) is 2.96. The number of aldehydes is 1. The quantitative estimate of drug-likeness (QED) is 0.537. The van der Waals surface area contributed by atoms with E-state index >= 15 is 0 Å². The fourth-order valence-corrected chi connectivity index (χ4v) is 3.47. The zero-order valence-electron chi connectivity index (χ0n) is 18.1. The summed E-state index contributed by atoms with van der Waals surface area (Å²) in [7, 11) is 0. The second kappa shape index (κ2) is 11.6. The number of rotatable bonds is 3. The van der Waals surface area contributed by atoms with Gasteiger partial charge in [-0.15, -0.1) is 0 Å². The van der Waals surface area contributed by atoms with Crippen molar-refractivity contribution >= 4 is 17.7 Å². The van der Waals surface area contributed by atoms with Gasteiger partial charge in [0.1, 0.15) is 44.1 Å². The summed E-state index contributed by atoms with van der Waals surface area (Å²) in [5, 5.41) is 18.6. The lowest BCUT2D eigenvalue weighted by molar-refractivity contribution is 0.112. The first-order valence-corrected chi connectivity index (χ1v) is 10.4. The highest BCUT2D eigenvalue weighted by atomic mass is 16.5. The van der Waals surface area contributed by atoms with E-state index in [1.807, 2.05) is 34.9 Å². The number of hydrogen-bond acceptors (Lipinski definition) is 8. The number of carbonyl (C=O) groups is 1. The van der Waals surface area contributed by atoms with E-state index in [2.05, 4.69) is 12.1 Å². The standard InChI is InChI=1S/C24H26N4O4/c1-19-2-4-21-23(16-19)31-14-15-32-24-17-20(18-29)3-5-22(24)28(9-7-26)11-13-30-12-10-27(21)8-6-25/h2-5,16-18H,8-15H2,1H3. The van der Waals surface area contributed by atoms with E-state index in [0.29, 0.717) is 43.4 Å². The van der Waals surface area contributed by atoms with Crippen LogP contribution >= 0.6 is 0 Å². The Morgan fingerprint density at radius 2 is 1.44 bits per heavy atom. The minimum atomic E-state index is 0.155. The van der Waals surface area contributed by atoms with Gasteiger partial charge in [0, 0.05) is 18.7 Å². The van der Waals surface area contributed by atoms with Crippen LogP contribution in [-0.4, -0.2) is 58.9 Å². The summed E-state index contributed by atoms with van der Waals surface area (Å²) >= 11 is 0. The maximum Gasteiger partial charge on any atom is 0.150 e. The highest BCUT2D eigenvalue weighted by molar-refractivity contribution is 5.78. The van der Waals surface area contributed by atoms with Gasteiger partial charge in [0.05, 0.1) is 36.7 Å². The van der Waals surface area contributed by atoms with Gasteiger partial charge in [0.25, 0.3) is 0 Å². The van der Waals surface area contributed by atoms with Crippen molar-refractivity contribution in [2.24, 2.45) is 0 Å². The number of aryl methyl sites for hydroxylation is 1. The molecule has 2 aromatic carbocycles. The number of fused-ring (bicyclic) bond motifs is 2. The molecule has 2 aromatic rings. The third-order valence-electron chi connectivity index (χ3n) is 5.05. The van der Waals surface area contributed by atoms with Crippen LogP contribution in [0, 0.1) is 29.6 Å². The van der Waals surface area contributed by atoms with E-state index in [0.717, 1.165) is 23.2 Å². The van der Waals surface area contributed by atoms with Crippen LogP contribution in [0.2, 0.25) is 0 Å². The molecule has 0 bridgehead atoms. The third-order valence-corrected chi connectivity index (χ3v) is 5.05. The first-order valence-electron chi connectivity index (χ1n) is 10.4. The topological polar surface area (TPSA) is 98.8 Å². The first kappa shape index (κ1) is 22.9. The summed E-state index contributed by atoms with van der Waals surface area (Å²) in [5.74, 6) is 1.19. The van der Waals surface area contributed by atoms with Gasteiger partial charge in [-0.3, -0.25) is 4.79 Å². The Morgan fingerprint density at radius 3 is 2.00 bits per heavy atom. The van der Waals surface area contributed by atoms with Crippen molar-refractivity contribution in [3.63, 3.8) is 0 Å². The minimum absolute atomic E-state index is 0.155. The second-order valence-electron chi connectivity index (χ2n) is 7.28. The number of nitriles is 2. The molecule has 8 nitrogen and oxygen atoms in total. The number of ether oxygens (including phenoxy) is 3. The van der Waals surface area contributed by atoms with Crippen LogP contribution in [0.4, 0.5) is 11.4 Å². The second-order valence-corrected chi connectivity index (χ2v) is 7.28. The van der Waals surface area contributed by atoms with E-state index in [4.69, 9.17) is 14.2 Å². The van der Waals surface area contributed by atoms with Gasteiger partial charge in [-0.25, -0.2) is 0 Å². The normalized spacial score (nSPS) is 14.8. The largest absolute Gasteiger partial charge is 0.488 e. The molecule has 0 amide bonds. The summed E-state index contributed by atoms with van der Waals surface area (Å²) < 4.78 is 17.8. The van der Waals surface area contributed by atoms with Crippen molar-refractivity contribution < 1.29 is 19.0 Å². The van der Waals surface area contributed by atoms with Crippen molar-refractivity contribution in [2.45, 2.75) is 6.92 Å². The molecule has 0 saturated carbocycles. The monoisotopic (exact) mass is 434 g/mol. The van der Waals surface area contributed by atoms with Crippen LogP contribution in [0.25, 0.3) is 0 Å². The molecule has 8 heteroatoms. The average molecular weight is 434 g/mol. The Morgan fingerprint density at radius 1 is 0.875 bits per heavy atom. The van der Waals surface area contributed by atoms with Crippen molar-refractivity contribution in [3.05, 3.63) is 47.5 Å². The molecule has 0 spiro atoms. The van der Waals surface area contributed by atoms with Gasteiger partial charge < -0.3 is 24.0 Å². The summed E-state index contributed by atoms with van der Waals surface area (Å²) in [6.45, 7) is 4.69. The highest BCUT2D eigenvalue weighted by Crippen LogP contribution is 2.31. The maximum absolute atomic E-state index is 11.3. The van der Waals surface area contributed by atoms with Gasteiger partial charge >= 0.3 is 0 Å². The van der Waals surface area contributed by atoms with Crippen molar-refractivity contribution in [2.75, 3.05) is 62.4 Å². The molecule has 1 heterocycles. The van der Waals surface area contributed by atoms with E-state index in [9.17, 15) is 15.3 Å². The fourth-order valence-electron chi connectivity index (χ4n) is 3.47. The van der Waals surface area contributed by atoms with Crippen molar-refractivity contribution in [1.82, 2.24) is 0 Å². The van der Waals surface area contributed by atoms with E-state index < -0.39 is 0 Å². The molecule has 32 heavy (non-hydrogen) atoms. The molecule has 166 valence electrons. The molecule has 0 aromatic heterocycles. The Labute approximate surface area is 188 Å². The lowest BCUT2D eigenvalue weighted by atomic mass is 10.2. The lowest BCUT2D eigenvalue weighted by Crippen LogP contribution is -2.31. The van der Waals surface area contributed by atoms with Crippen LogP contribution in [-0.2, 0) is 4.74 Å². The molecule has 1 aliphatic rings. The molecule has 3 rings (SSSR count). The van der Waals surface area contributed by atoms with Gasteiger partial charge in [-0.2, -0.15) is 10.5 Å². The number of benzene rings is 2. The summed E-state index contributed by atoms with van der Waals surface area (Å²) in [5.41, 5.74) is 3.08. The van der Waals surface area contributed by atoms with E-state index in [1.165, 1.54) is 0 Å². The SMILES string of the molecule is Cc1ccc2c(c1)OCCOc1cc(C=O)ccc1N(CC#N)CCOCCN2CC#N. The molecular formula is C24H26N4O4. The number of hydrogen-bond donors (Lipinski definition) is 0. The van der Waals surface area contributed by atoms with Gasteiger partial charge in [-0.05, 0) is 42.8 Å². The Bertz CT molecular complexity index is 1010. The number of carbonyl (C=O) groups excluding carboxylic acids is 1. The average Bonchev–Trinajstić information content (AvgIpc) is 2.80. The first-order chi connectivity index (χ1) is 15.7. The molecule has 0 aliphatic carbocycles. The molecule has 0 fully saturated rings. The lowest BCUT2D eigenvalue weighted by Gasteiger charge is -2.25. The Hall–Kier alpha value is -3.75.